The summed E-state index contributed by atoms with van der Waals surface area (Å²) in [5.74, 6) is 0. The summed E-state index contributed by atoms with van der Waals surface area (Å²) >= 11 is 0. The highest BCUT2D eigenvalue weighted by Crippen LogP contribution is 2.25. The molecule has 0 aromatic carbocycles. The van der Waals surface area contributed by atoms with E-state index in [1.807, 2.05) is 0 Å². The fourth-order valence-electron chi connectivity index (χ4n) is 2.05. The van der Waals surface area contributed by atoms with Crippen LogP contribution >= 0.6 is 0 Å². The van der Waals surface area contributed by atoms with E-state index in [-0.39, 0.29) is 0 Å². The third kappa shape index (κ3) is 1.08. The molecule has 0 amide bonds. The molecule has 0 aromatic heterocycles. The summed E-state index contributed by atoms with van der Waals surface area (Å²) < 4.78 is 5.65. The Bertz CT molecular complexity index is 117. The Balaban J connectivity index is 1.97. The molecule has 0 spiro atoms. The van der Waals surface area contributed by atoms with Gasteiger partial charge in [-0.25, -0.2) is 0 Å². The lowest BCUT2D eigenvalue weighted by Crippen LogP contribution is -2.35. The van der Waals surface area contributed by atoms with E-state index in [4.69, 9.17) is 4.65 Å². The molecule has 2 nitrogen and oxygen atoms in total. The van der Waals surface area contributed by atoms with Gasteiger partial charge in [0, 0.05) is 6.04 Å². The van der Waals surface area contributed by atoms with E-state index in [1.54, 1.807) is 0 Å². The minimum Gasteiger partial charge on any atom is -0.417 e. The minimum absolute atomic E-state index is 0.299. The number of hydrogen-bond donors (Lipinski definition) is 1. The standard InChI is InChI=1S/C7H14BNO/c1-8-9-6-4-2-3-5-7(6)10-8/h6-7,9H,2-5H2,1H3/t6-,7+/m1/s1. The van der Waals surface area contributed by atoms with Gasteiger partial charge in [0.2, 0.25) is 0 Å². The van der Waals surface area contributed by atoms with Gasteiger partial charge in [-0.1, -0.05) is 12.8 Å². The highest BCUT2D eigenvalue weighted by atomic mass is 16.5. The molecule has 2 rings (SSSR count). The van der Waals surface area contributed by atoms with Crippen molar-refractivity contribution in [2.75, 3.05) is 0 Å². The average molecular weight is 139 g/mol. The lowest BCUT2D eigenvalue weighted by Gasteiger charge is -2.23. The van der Waals surface area contributed by atoms with Crippen molar-refractivity contribution in [3.05, 3.63) is 0 Å². The molecule has 1 N–H and O–H groups in total. The monoisotopic (exact) mass is 139 g/mol. The molecule has 3 heteroatoms. The summed E-state index contributed by atoms with van der Waals surface area (Å²) in [6.45, 7) is 2.10. The predicted octanol–water partition coefficient (Wildman–Crippen LogP) is 1.04. The Morgan fingerprint density at radius 2 is 2.20 bits per heavy atom. The Morgan fingerprint density at radius 1 is 1.40 bits per heavy atom. The van der Waals surface area contributed by atoms with Crippen molar-refractivity contribution in [3.8, 4) is 0 Å². The van der Waals surface area contributed by atoms with E-state index in [2.05, 4.69) is 12.1 Å². The summed E-state index contributed by atoms with van der Waals surface area (Å²) in [4.78, 5) is 0. The highest BCUT2D eigenvalue weighted by Gasteiger charge is 2.35. The largest absolute Gasteiger partial charge is 0.417 e. The molecule has 1 aliphatic carbocycles. The smallest absolute Gasteiger partial charge is 0.376 e. The second-order valence-electron chi connectivity index (χ2n) is 3.37. The molecule has 1 saturated carbocycles. The molecule has 1 aliphatic heterocycles. The number of nitrogens with one attached hydrogen (secondary N) is 1. The van der Waals surface area contributed by atoms with Crippen LogP contribution in [-0.2, 0) is 4.65 Å². The molecule has 0 aromatic rings. The van der Waals surface area contributed by atoms with Crippen LogP contribution in [0.1, 0.15) is 25.7 Å². The molecule has 1 saturated heterocycles. The summed E-state index contributed by atoms with van der Waals surface area (Å²) in [7, 11) is 0.299. The van der Waals surface area contributed by atoms with E-state index < -0.39 is 0 Å². The summed E-state index contributed by atoms with van der Waals surface area (Å²) in [5, 5.41) is 3.43. The van der Waals surface area contributed by atoms with Gasteiger partial charge >= 0.3 is 7.05 Å². The van der Waals surface area contributed by atoms with Crippen LogP contribution in [-0.4, -0.2) is 19.2 Å². The van der Waals surface area contributed by atoms with Gasteiger partial charge in [-0.2, -0.15) is 0 Å². The summed E-state index contributed by atoms with van der Waals surface area (Å²) in [6, 6.07) is 0.670. The van der Waals surface area contributed by atoms with Gasteiger partial charge in [-0.3, -0.25) is 0 Å². The Morgan fingerprint density at radius 3 is 3.00 bits per heavy atom. The first-order chi connectivity index (χ1) is 4.86. The van der Waals surface area contributed by atoms with Gasteiger partial charge in [-0.15, -0.1) is 0 Å². The van der Waals surface area contributed by atoms with Crippen LogP contribution in [0.2, 0.25) is 6.82 Å². The fourth-order valence-corrected chi connectivity index (χ4v) is 2.05. The highest BCUT2D eigenvalue weighted by molar-refractivity contribution is 6.48. The maximum atomic E-state index is 5.65. The topological polar surface area (TPSA) is 21.3 Å². The zero-order valence-electron chi connectivity index (χ0n) is 6.47. The van der Waals surface area contributed by atoms with Crippen LogP contribution in [0, 0.1) is 0 Å². The molecular weight excluding hydrogens is 125 g/mol. The van der Waals surface area contributed by atoms with Gasteiger partial charge in [0.1, 0.15) is 0 Å². The van der Waals surface area contributed by atoms with E-state index in [1.165, 1.54) is 25.7 Å². The van der Waals surface area contributed by atoms with Gasteiger partial charge < -0.3 is 9.88 Å². The first kappa shape index (κ1) is 6.68. The molecule has 0 radical (unpaired) electrons. The van der Waals surface area contributed by atoms with E-state index in [0.29, 0.717) is 19.2 Å². The minimum atomic E-state index is 0.299. The molecule has 2 fully saturated rings. The molecular formula is C7H14BNO. The van der Waals surface area contributed by atoms with E-state index >= 15 is 0 Å². The van der Waals surface area contributed by atoms with E-state index in [0.717, 1.165) is 0 Å². The Labute approximate surface area is 62.5 Å². The van der Waals surface area contributed by atoms with Crippen LogP contribution in [0.15, 0.2) is 0 Å². The van der Waals surface area contributed by atoms with Crippen LogP contribution in [0.25, 0.3) is 0 Å². The van der Waals surface area contributed by atoms with Crippen molar-refractivity contribution in [1.82, 2.24) is 5.23 Å². The second-order valence-corrected chi connectivity index (χ2v) is 3.37. The SMILES string of the molecule is CB1N[C@@H]2CCCC[C@@H]2O1. The Kier molecular flexibility index (Phi) is 1.70. The van der Waals surface area contributed by atoms with Crippen molar-refractivity contribution >= 4 is 7.05 Å². The lowest BCUT2D eigenvalue weighted by molar-refractivity contribution is 0.167. The number of hydrogen-bond acceptors (Lipinski definition) is 2. The molecule has 2 atom stereocenters. The fraction of sp³-hybridized carbons (Fsp3) is 1.00. The maximum absolute atomic E-state index is 5.65. The van der Waals surface area contributed by atoms with Crippen LogP contribution in [0.3, 0.4) is 0 Å². The normalized spacial score (nSPS) is 39.9. The molecule has 56 valence electrons. The van der Waals surface area contributed by atoms with Crippen LogP contribution in [0.4, 0.5) is 0 Å². The number of fused-ring (bicyclic) bond motifs is 1. The molecule has 2 aliphatic rings. The van der Waals surface area contributed by atoms with Crippen molar-refractivity contribution in [2.24, 2.45) is 0 Å². The Hall–Kier alpha value is -0.0151. The third-order valence-corrected chi connectivity index (χ3v) is 2.53. The first-order valence-electron chi connectivity index (χ1n) is 4.28. The van der Waals surface area contributed by atoms with Gasteiger partial charge in [0.05, 0.1) is 6.10 Å². The van der Waals surface area contributed by atoms with Crippen LogP contribution < -0.4 is 5.23 Å². The molecule has 0 bridgehead atoms. The van der Waals surface area contributed by atoms with Crippen molar-refractivity contribution in [1.29, 1.82) is 0 Å². The second kappa shape index (κ2) is 2.55. The zero-order chi connectivity index (χ0) is 6.97. The average Bonchev–Trinajstić information content (AvgIpc) is 2.27. The van der Waals surface area contributed by atoms with Gasteiger partial charge in [0.25, 0.3) is 0 Å². The quantitative estimate of drug-likeness (QED) is 0.506. The number of rotatable bonds is 0. The van der Waals surface area contributed by atoms with Crippen molar-refractivity contribution in [2.45, 2.75) is 44.7 Å². The molecule has 1 heterocycles. The van der Waals surface area contributed by atoms with Gasteiger partial charge in [-0.05, 0) is 19.7 Å². The maximum Gasteiger partial charge on any atom is 0.376 e. The third-order valence-electron chi connectivity index (χ3n) is 2.53. The van der Waals surface area contributed by atoms with Crippen molar-refractivity contribution < 1.29 is 4.65 Å². The molecule has 0 unspecified atom stereocenters. The van der Waals surface area contributed by atoms with Crippen LogP contribution in [0.5, 0.6) is 0 Å². The summed E-state index contributed by atoms with van der Waals surface area (Å²) in [6.07, 6.45) is 5.85. The summed E-state index contributed by atoms with van der Waals surface area (Å²) in [5.41, 5.74) is 0. The van der Waals surface area contributed by atoms with E-state index in [9.17, 15) is 0 Å². The lowest BCUT2D eigenvalue weighted by atomic mass is 9.88. The predicted molar refractivity (Wildman–Crippen MR) is 41.9 cm³/mol. The molecule has 10 heavy (non-hydrogen) atoms. The first-order valence-corrected chi connectivity index (χ1v) is 4.28. The van der Waals surface area contributed by atoms with Gasteiger partial charge in [0.15, 0.2) is 0 Å². The zero-order valence-corrected chi connectivity index (χ0v) is 6.47. The van der Waals surface area contributed by atoms with Crippen molar-refractivity contribution in [3.63, 3.8) is 0 Å².